The zero-order valence-corrected chi connectivity index (χ0v) is 14.7. The van der Waals surface area contributed by atoms with E-state index in [1.54, 1.807) is 7.11 Å². The number of methoxy groups -OCH3 is 1. The van der Waals surface area contributed by atoms with Crippen LogP contribution in [0.5, 0.6) is 5.75 Å². The molecule has 0 N–H and O–H groups in total. The summed E-state index contributed by atoms with van der Waals surface area (Å²) in [6.45, 7) is 0. The van der Waals surface area contributed by atoms with Crippen LogP contribution in [0.1, 0.15) is 55.3 Å². The number of hydrogen-bond donors (Lipinski definition) is 0. The Morgan fingerprint density at radius 2 is 2.00 bits per heavy atom. The van der Waals surface area contributed by atoms with Crippen molar-refractivity contribution in [2.24, 2.45) is 5.92 Å². The van der Waals surface area contributed by atoms with Gasteiger partial charge < -0.3 is 4.74 Å². The summed E-state index contributed by atoms with van der Waals surface area (Å²) in [5.74, 6) is 1.92. The monoisotopic (exact) mass is 388 g/mol. The summed E-state index contributed by atoms with van der Waals surface area (Å²) in [5.41, 5.74) is 1.26. The molecule has 1 atom stereocenters. The number of alkyl halides is 1. The summed E-state index contributed by atoms with van der Waals surface area (Å²) in [4.78, 5) is 0.391. The van der Waals surface area contributed by atoms with Gasteiger partial charge in [-0.1, -0.05) is 64.0 Å². The fraction of sp³-hybridized carbons (Fsp3) is 0.625. The van der Waals surface area contributed by atoms with E-state index in [0.29, 0.717) is 4.83 Å². The summed E-state index contributed by atoms with van der Waals surface area (Å²) in [7, 11) is 1.74. The maximum absolute atomic E-state index is 5.46. The molecule has 106 valence electrons. The molecule has 0 aromatic heterocycles. The van der Waals surface area contributed by atoms with Crippen molar-refractivity contribution in [3.63, 3.8) is 0 Å². The lowest BCUT2D eigenvalue weighted by atomic mass is 9.85. The Morgan fingerprint density at radius 1 is 1.26 bits per heavy atom. The van der Waals surface area contributed by atoms with E-state index in [4.69, 9.17) is 4.74 Å². The Hall–Kier alpha value is -0.0200. The van der Waals surface area contributed by atoms with Gasteiger partial charge >= 0.3 is 0 Å². The SMILES string of the molecule is COc1ccc(Br)cc1C(Br)CCC1CCCCC1. The first-order valence-corrected chi connectivity index (χ1v) is 8.89. The van der Waals surface area contributed by atoms with Crippen molar-refractivity contribution >= 4 is 31.9 Å². The predicted octanol–water partition coefficient (Wildman–Crippen LogP) is 6.25. The summed E-state index contributed by atoms with van der Waals surface area (Å²) >= 11 is 7.38. The smallest absolute Gasteiger partial charge is 0.123 e. The van der Waals surface area contributed by atoms with Gasteiger partial charge in [-0.3, -0.25) is 0 Å². The van der Waals surface area contributed by atoms with Crippen LogP contribution in [0.25, 0.3) is 0 Å². The van der Waals surface area contributed by atoms with E-state index in [-0.39, 0.29) is 0 Å². The lowest BCUT2D eigenvalue weighted by Crippen LogP contribution is -2.07. The van der Waals surface area contributed by atoms with Gasteiger partial charge in [-0.15, -0.1) is 0 Å². The van der Waals surface area contributed by atoms with E-state index in [0.717, 1.165) is 16.1 Å². The van der Waals surface area contributed by atoms with Crippen molar-refractivity contribution < 1.29 is 4.74 Å². The van der Waals surface area contributed by atoms with E-state index in [2.05, 4.69) is 37.9 Å². The summed E-state index contributed by atoms with van der Waals surface area (Å²) < 4.78 is 6.58. The highest BCUT2D eigenvalue weighted by Crippen LogP contribution is 2.38. The molecule has 1 nitrogen and oxygen atoms in total. The summed E-state index contributed by atoms with van der Waals surface area (Å²) in [6.07, 6.45) is 9.66. The van der Waals surface area contributed by atoms with Crippen molar-refractivity contribution in [3.05, 3.63) is 28.2 Å². The Kier molecular flexibility index (Phi) is 6.21. The van der Waals surface area contributed by atoms with E-state index in [1.165, 1.54) is 50.5 Å². The molecule has 0 bridgehead atoms. The number of halogens is 2. The molecule has 3 heteroatoms. The van der Waals surface area contributed by atoms with E-state index in [1.807, 2.05) is 12.1 Å². The van der Waals surface area contributed by atoms with Gasteiger partial charge in [0, 0.05) is 14.9 Å². The van der Waals surface area contributed by atoms with Gasteiger partial charge in [0.1, 0.15) is 5.75 Å². The van der Waals surface area contributed by atoms with Gasteiger partial charge in [0.25, 0.3) is 0 Å². The minimum Gasteiger partial charge on any atom is -0.496 e. The van der Waals surface area contributed by atoms with Crippen LogP contribution in [-0.4, -0.2) is 7.11 Å². The third-order valence-electron chi connectivity index (χ3n) is 4.08. The van der Waals surface area contributed by atoms with Gasteiger partial charge in [-0.2, -0.15) is 0 Å². The van der Waals surface area contributed by atoms with Crippen LogP contribution in [0, 0.1) is 5.92 Å². The average molecular weight is 390 g/mol. The lowest BCUT2D eigenvalue weighted by molar-refractivity contribution is 0.331. The number of rotatable bonds is 5. The fourth-order valence-electron chi connectivity index (χ4n) is 2.96. The van der Waals surface area contributed by atoms with Crippen LogP contribution in [0.3, 0.4) is 0 Å². The second kappa shape index (κ2) is 7.68. The van der Waals surface area contributed by atoms with Crippen LogP contribution < -0.4 is 4.74 Å². The molecule has 0 amide bonds. The van der Waals surface area contributed by atoms with Crippen LogP contribution in [0.15, 0.2) is 22.7 Å². The Bertz CT molecular complexity index is 400. The molecule has 19 heavy (non-hydrogen) atoms. The Labute approximate surface area is 133 Å². The predicted molar refractivity (Wildman–Crippen MR) is 88.2 cm³/mol. The quantitative estimate of drug-likeness (QED) is 0.540. The molecular formula is C16H22Br2O. The van der Waals surface area contributed by atoms with Gasteiger partial charge in [0.15, 0.2) is 0 Å². The van der Waals surface area contributed by atoms with Gasteiger partial charge in [0.05, 0.1) is 7.11 Å². The molecule has 1 aromatic carbocycles. The first kappa shape index (κ1) is 15.4. The van der Waals surface area contributed by atoms with Gasteiger partial charge in [-0.25, -0.2) is 0 Å². The summed E-state index contributed by atoms with van der Waals surface area (Å²) in [5, 5.41) is 0. The van der Waals surface area contributed by atoms with E-state index >= 15 is 0 Å². The van der Waals surface area contributed by atoms with Crippen molar-refractivity contribution in [1.82, 2.24) is 0 Å². The van der Waals surface area contributed by atoms with Crippen LogP contribution in [-0.2, 0) is 0 Å². The number of benzene rings is 1. The van der Waals surface area contributed by atoms with Gasteiger partial charge in [-0.05, 0) is 37.0 Å². The Balaban J connectivity index is 1.94. The van der Waals surface area contributed by atoms with Gasteiger partial charge in [0.2, 0.25) is 0 Å². The zero-order valence-electron chi connectivity index (χ0n) is 11.5. The fourth-order valence-corrected chi connectivity index (χ4v) is 3.96. The largest absolute Gasteiger partial charge is 0.496 e. The molecule has 0 heterocycles. The lowest BCUT2D eigenvalue weighted by Gasteiger charge is -2.23. The topological polar surface area (TPSA) is 9.23 Å². The van der Waals surface area contributed by atoms with Crippen molar-refractivity contribution in [2.75, 3.05) is 7.11 Å². The highest BCUT2D eigenvalue weighted by molar-refractivity contribution is 9.10. The molecule has 0 aliphatic heterocycles. The molecule has 1 saturated carbocycles. The van der Waals surface area contributed by atoms with Crippen molar-refractivity contribution in [2.45, 2.75) is 49.8 Å². The number of ether oxygens (including phenoxy) is 1. The van der Waals surface area contributed by atoms with Crippen LogP contribution in [0.4, 0.5) is 0 Å². The molecule has 1 fully saturated rings. The minimum atomic E-state index is 0.391. The maximum Gasteiger partial charge on any atom is 0.123 e. The highest BCUT2D eigenvalue weighted by atomic mass is 79.9. The van der Waals surface area contributed by atoms with Crippen LogP contribution in [0.2, 0.25) is 0 Å². The minimum absolute atomic E-state index is 0.391. The van der Waals surface area contributed by atoms with E-state index in [9.17, 15) is 0 Å². The standard InChI is InChI=1S/C16H22Br2O/c1-19-16-10-8-13(17)11-14(16)15(18)9-7-12-5-3-2-4-6-12/h8,10-12,15H,2-7,9H2,1H3. The molecule has 1 aliphatic rings. The molecule has 1 unspecified atom stereocenters. The first-order valence-electron chi connectivity index (χ1n) is 7.18. The molecule has 0 saturated heterocycles. The van der Waals surface area contributed by atoms with E-state index < -0.39 is 0 Å². The molecule has 0 radical (unpaired) electrons. The molecule has 1 aliphatic carbocycles. The van der Waals surface area contributed by atoms with Crippen molar-refractivity contribution in [3.8, 4) is 5.75 Å². The van der Waals surface area contributed by atoms with Crippen molar-refractivity contribution in [1.29, 1.82) is 0 Å². The number of hydrogen-bond acceptors (Lipinski definition) is 1. The molecule has 1 aromatic rings. The third kappa shape index (κ3) is 4.49. The molecule has 2 rings (SSSR count). The second-order valence-corrected chi connectivity index (χ2v) is 7.46. The first-order chi connectivity index (χ1) is 9.20. The third-order valence-corrected chi connectivity index (χ3v) is 5.53. The molecular weight excluding hydrogens is 368 g/mol. The average Bonchev–Trinajstić information content (AvgIpc) is 2.46. The normalized spacial score (nSPS) is 18.3. The zero-order chi connectivity index (χ0) is 13.7. The molecule has 0 spiro atoms. The second-order valence-electron chi connectivity index (χ2n) is 5.44. The summed E-state index contributed by atoms with van der Waals surface area (Å²) in [6, 6.07) is 6.23. The maximum atomic E-state index is 5.46. The highest BCUT2D eigenvalue weighted by Gasteiger charge is 2.18. The Morgan fingerprint density at radius 3 is 2.68 bits per heavy atom. The van der Waals surface area contributed by atoms with Crippen LogP contribution >= 0.6 is 31.9 Å².